The number of unbranched alkanes of at least 4 members (excludes halogenated alkanes) is 14. The minimum absolute atomic E-state index is 0. The van der Waals surface area contributed by atoms with Crippen molar-refractivity contribution in [2.45, 2.75) is 124 Å². The van der Waals surface area contributed by atoms with Crippen LogP contribution in [0.15, 0.2) is 0 Å². The molecule has 0 radical (unpaired) electrons. The number of rotatable bonds is 18. The molecule has 0 saturated carbocycles. The predicted octanol–water partition coefficient (Wildman–Crippen LogP) is 6.95. The molecule has 0 aromatic rings. The molecule has 2 N–H and O–H groups in total. The van der Waals surface area contributed by atoms with E-state index < -0.39 is 5.97 Å². The fourth-order valence-electron chi connectivity index (χ4n) is 2.89. The zero-order valence-corrected chi connectivity index (χ0v) is 19.7. The number of hydrogen-bond acceptors (Lipinski definition) is 2. The Morgan fingerprint density at radius 1 is 0.615 bits per heavy atom. The number of aliphatic carboxylic acids is 1. The maximum atomic E-state index is 9.00. The van der Waals surface area contributed by atoms with Crippen LogP contribution in [0.25, 0.3) is 0 Å². The third-order valence-corrected chi connectivity index (χ3v) is 4.41. The third kappa shape index (κ3) is 39.2. The molecular weight excluding hydrogens is 411 g/mol. The SMILES string of the molecule is CC(=O)O.CCCCCCCCCCNCCCCCCCCCC.[Ru]. The molecule has 0 aliphatic rings. The van der Waals surface area contributed by atoms with Crippen molar-refractivity contribution in [3.8, 4) is 0 Å². The number of nitrogens with one attached hydrogen (secondary N) is 1. The Morgan fingerprint density at radius 3 is 1.12 bits per heavy atom. The van der Waals surface area contributed by atoms with Gasteiger partial charge in [-0.15, -0.1) is 0 Å². The van der Waals surface area contributed by atoms with Crippen molar-refractivity contribution in [1.82, 2.24) is 5.32 Å². The van der Waals surface area contributed by atoms with Gasteiger partial charge in [-0.05, 0) is 25.9 Å². The van der Waals surface area contributed by atoms with Crippen molar-refractivity contribution < 1.29 is 29.4 Å². The summed E-state index contributed by atoms with van der Waals surface area (Å²) in [5.41, 5.74) is 0. The van der Waals surface area contributed by atoms with Crippen molar-refractivity contribution in [3.63, 3.8) is 0 Å². The van der Waals surface area contributed by atoms with Crippen molar-refractivity contribution in [2.75, 3.05) is 13.1 Å². The van der Waals surface area contributed by atoms with Gasteiger partial charge in [0.05, 0.1) is 0 Å². The summed E-state index contributed by atoms with van der Waals surface area (Å²) < 4.78 is 0. The summed E-state index contributed by atoms with van der Waals surface area (Å²) in [5.74, 6) is -0.833. The van der Waals surface area contributed by atoms with Gasteiger partial charge < -0.3 is 10.4 Å². The van der Waals surface area contributed by atoms with E-state index in [4.69, 9.17) is 9.90 Å². The van der Waals surface area contributed by atoms with Gasteiger partial charge in [-0.1, -0.05) is 104 Å². The molecule has 0 saturated heterocycles. The Bertz CT molecular complexity index is 228. The first-order valence-electron chi connectivity index (χ1n) is 11.0. The summed E-state index contributed by atoms with van der Waals surface area (Å²) in [6, 6.07) is 0. The van der Waals surface area contributed by atoms with Crippen molar-refractivity contribution in [2.24, 2.45) is 0 Å². The summed E-state index contributed by atoms with van der Waals surface area (Å²) in [5, 5.41) is 11.0. The van der Waals surface area contributed by atoms with Gasteiger partial charge in [-0.2, -0.15) is 0 Å². The second-order valence-electron chi connectivity index (χ2n) is 7.22. The normalized spacial score (nSPS) is 9.96. The van der Waals surface area contributed by atoms with Crippen LogP contribution in [-0.2, 0) is 24.3 Å². The molecule has 160 valence electrons. The maximum absolute atomic E-state index is 9.00. The summed E-state index contributed by atoms with van der Waals surface area (Å²) in [7, 11) is 0. The zero-order valence-electron chi connectivity index (χ0n) is 17.9. The molecule has 0 aliphatic heterocycles. The van der Waals surface area contributed by atoms with E-state index in [-0.39, 0.29) is 19.5 Å². The smallest absolute Gasteiger partial charge is 0.300 e. The van der Waals surface area contributed by atoms with E-state index in [1.807, 2.05) is 0 Å². The number of hydrogen-bond donors (Lipinski definition) is 2. The molecule has 0 rings (SSSR count). The van der Waals surface area contributed by atoms with Gasteiger partial charge in [0.1, 0.15) is 0 Å². The van der Waals surface area contributed by atoms with Gasteiger partial charge in [0, 0.05) is 26.4 Å². The molecule has 0 aromatic heterocycles. The quantitative estimate of drug-likeness (QED) is 0.173. The van der Waals surface area contributed by atoms with Crippen molar-refractivity contribution in [3.05, 3.63) is 0 Å². The first-order chi connectivity index (χ1) is 12.1. The molecule has 0 atom stereocenters. The summed E-state index contributed by atoms with van der Waals surface area (Å²) >= 11 is 0. The van der Waals surface area contributed by atoms with Crippen LogP contribution in [0.2, 0.25) is 0 Å². The summed E-state index contributed by atoms with van der Waals surface area (Å²) in [4.78, 5) is 9.00. The maximum Gasteiger partial charge on any atom is 0.300 e. The van der Waals surface area contributed by atoms with E-state index >= 15 is 0 Å². The van der Waals surface area contributed by atoms with Crippen LogP contribution in [-0.4, -0.2) is 24.2 Å². The van der Waals surface area contributed by atoms with Gasteiger partial charge in [-0.3, -0.25) is 4.79 Å². The van der Waals surface area contributed by atoms with E-state index in [1.165, 1.54) is 116 Å². The van der Waals surface area contributed by atoms with Gasteiger partial charge in [0.2, 0.25) is 0 Å². The average molecular weight is 459 g/mol. The van der Waals surface area contributed by atoms with Crippen LogP contribution in [0.3, 0.4) is 0 Å². The Kier molecular flexibility index (Phi) is 35.3. The van der Waals surface area contributed by atoms with E-state index in [1.54, 1.807) is 0 Å². The predicted molar refractivity (Wildman–Crippen MR) is 111 cm³/mol. The van der Waals surface area contributed by atoms with Crippen LogP contribution >= 0.6 is 0 Å². The first-order valence-corrected chi connectivity index (χ1v) is 11.0. The Labute approximate surface area is 177 Å². The third-order valence-electron chi connectivity index (χ3n) is 4.41. The Morgan fingerprint density at radius 2 is 0.846 bits per heavy atom. The van der Waals surface area contributed by atoms with E-state index in [9.17, 15) is 0 Å². The average Bonchev–Trinajstić information content (AvgIpc) is 2.57. The van der Waals surface area contributed by atoms with E-state index in [2.05, 4.69) is 19.2 Å². The molecule has 0 aliphatic carbocycles. The van der Waals surface area contributed by atoms with Gasteiger partial charge in [-0.25, -0.2) is 0 Å². The van der Waals surface area contributed by atoms with Crippen LogP contribution in [0.5, 0.6) is 0 Å². The fourth-order valence-corrected chi connectivity index (χ4v) is 2.89. The first kappa shape index (κ1) is 30.8. The molecule has 0 bridgehead atoms. The molecule has 0 spiro atoms. The minimum Gasteiger partial charge on any atom is -0.481 e. The van der Waals surface area contributed by atoms with Crippen LogP contribution < -0.4 is 5.32 Å². The summed E-state index contributed by atoms with van der Waals surface area (Å²) in [6.45, 7) is 8.15. The van der Waals surface area contributed by atoms with Crippen LogP contribution in [0.1, 0.15) is 124 Å². The molecule has 26 heavy (non-hydrogen) atoms. The Hall–Kier alpha value is 0.0534. The molecule has 0 unspecified atom stereocenters. The van der Waals surface area contributed by atoms with Crippen molar-refractivity contribution in [1.29, 1.82) is 0 Å². The van der Waals surface area contributed by atoms with Gasteiger partial charge in [0.25, 0.3) is 5.97 Å². The molecule has 3 nitrogen and oxygen atoms in total. The minimum atomic E-state index is -0.833. The number of carbonyl (C=O) groups is 1. The molecule has 0 fully saturated rings. The number of carboxylic acids is 1. The molecule has 0 amide bonds. The fraction of sp³-hybridized carbons (Fsp3) is 0.955. The zero-order chi connectivity index (χ0) is 19.0. The topological polar surface area (TPSA) is 49.3 Å². The molecule has 0 heterocycles. The second-order valence-corrected chi connectivity index (χ2v) is 7.22. The molecular formula is C22H47NO2Ru. The Balaban J connectivity index is -0.000000951. The largest absolute Gasteiger partial charge is 0.481 e. The van der Waals surface area contributed by atoms with Crippen LogP contribution in [0.4, 0.5) is 0 Å². The second kappa shape index (κ2) is 29.8. The van der Waals surface area contributed by atoms with Crippen molar-refractivity contribution >= 4 is 5.97 Å². The summed E-state index contributed by atoms with van der Waals surface area (Å²) in [6.07, 6.45) is 22.8. The molecule has 0 aromatic carbocycles. The standard InChI is InChI=1S/C20H43N.C2H4O2.Ru/c1-3-5-7-9-11-13-15-17-19-21-20-18-16-14-12-10-8-6-4-2;1-2(3)4;/h21H,3-20H2,1-2H3;1H3,(H,3,4);. The van der Waals surface area contributed by atoms with Crippen LogP contribution in [0, 0.1) is 0 Å². The van der Waals surface area contributed by atoms with Gasteiger partial charge >= 0.3 is 0 Å². The van der Waals surface area contributed by atoms with E-state index in [0.717, 1.165) is 6.92 Å². The monoisotopic (exact) mass is 459 g/mol. The van der Waals surface area contributed by atoms with E-state index in [0.29, 0.717) is 0 Å². The number of carboxylic acid groups (broad SMARTS) is 1. The van der Waals surface area contributed by atoms with Gasteiger partial charge in [0.15, 0.2) is 0 Å². The molecule has 4 heteroatoms.